The van der Waals surface area contributed by atoms with E-state index in [1.807, 2.05) is 18.2 Å². The van der Waals surface area contributed by atoms with E-state index in [1.165, 1.54) is 12.8 Å². The minimum atomic E-state index is -0.153. The Kier molecular flexibility index (Phi) is 5.31. The molecule has 126 valence electrons. The standard InChI is InChI=1S/C19H22N2O3/c1-23-17-10-9-14(12-18(17)24-16-7-2-3-8-16)19(22)21-13-15-6-4-5-11-20-15/h4-6,9-12,16H,2-3,7-8,13H2,1H3,(H,21,22). The second kappa shape index (κ2) is 7.81. The van der Waals surface area contributed by atoms with Crippen LogP contribution in [-0.2, 0) is 6.54 Å². The number of benzene rings is 1. The fraction of sp³-hybridized carbons (Fsp3) is 0.368. The molecule has 1 heterocycles. The van der Waals surface area contributed by atoms with Crippen molar-refractivity contribution in [2.24, 2.45) is 0 Å². The number of hydrogen-bond donors (Lipinski definition) is 1. The van der Waals surface area contributed by atoms with Gasteiger partial charge in [-0.1, -0.05) is 6.07 Å². The van der Waals surface area contributed by atoms with Crippen LogP contribution in [0.25, 0.3) is 0 Å². The molecule has 0 saturated heterocycles. The predicted molar refractivity (Wildman–Crippen MR) is 91.3 cm³/mol. The summed E-state index contributed by atoms with van der Waals surface area (Å²) in [6.07, 6.45) is 6.42. The van der Waals surface area contributed by atoms with Crippen molar-refractivity contribution < 1.29 is 14.3 Å². The first kappa shape index (κ1) is 16.3. The molecule has 1 saturated carbocycles. The van der Waals surface area contributed by atoms with Gasteiger partial charge in [-0.3, -0.25) is 9.78 Å². The number of pyridine rings is 1. The van der Waals surface area contributed by atoms with Gasteiger partial charge in [0.25, 0.3) is 5.91 Å². The number of nitrogens with zero attached hydrogens (tertiary/aromatic N) is 1. The zero-order chi connectivity index (χ0) is 16.8. The first-order valence-electron chi connectivity index (χ1n) is 8.29. The molecule has 1 aromatic carbocycles. The van der Waals surface area contributed by atoms with Crippen molar-refractivity contribution in [1.82, 2.24) is 10.3 Å². The summed E-state index contributed by atoms with van der Waals surface area (Å²) in [4.78, 5) is 16.6. The van der Waals surface area contributed by atoms with E-state index >= 15 is 0 Å². The highest BCUT2D eigenvalue weighted by atomic mass is 16.5. The summed E-state index contributed by atoms with van der Waals surface area (Å²) in [5, 5.41) is 2.88. The molecule has 24 heavy (non-hydrogen) atoms. The Morgan fingerprint density at radius 1 is 1.21 bits per heavy atom. The van der Waals surface area contributed by atoms with Gasteiger partial charge in [0.05, 0.1) is 25.5 Å². The van der Waals surface area contributed by atoms with Crippen molar-refractivity contribution in [2.45, 2.75) is 38.3 Å². The quantitative estimate of drug-likeness (QED) is 0.884. The van der Waals surface area contributed by atoms with Crippen molar-refractivity contribution in [3.63, 3.8) is 0 Å². The molecule has 0 bridgehead atoms. The van der Waals surface area contributed by atoms with Gasteiger partial charge in [0.15, 0.2) is 11.5 Å². The number of carbonyl (C=O) groups excluding carboxylic acids is 1. The summed E-state index contributed by atoms with van der Waals surface area (Å²) < 4.78 is 11.4. The molecule has 1 fully saturated rings. The second-order valence-corrected chi connectivity index (χ2v) is 5.89. The lowest BCUT2D eigenvalue weighted by molar-refractivity contribution is 0.0949. The molecule has 0 aliphatic heterocycles. The Balaban J connectivity index is 1.69. The van der Waals surface area contributed by atoms with Gasteiger partial charge in [-0.15, -0.1) is 0 Å². The molecular formula is C19H22N2O3. The number of methoxy groups -OCH3 is 1. The lowest BCUT2D eigenvalue weighted by Gasteiger charge is -2.16. The van der Waals surface area contributed by atoms with Crippen LogP contribution >= 0.6 is 0 Å². The molecule has 0 unspecified atom stereocenters. The minimum absolute atomic E-state index is 0.153. The summed E-state index contributed by atoms with van der Waals surface area (Å²) in [6, 6.07) is 10.9. The third kappa shape index (κ3) is 4.04. The Morgan fingerprint density at radius 3 is 2.75 bits per heavy atom. The highest BCUT2D eigenvalue weighted by Crippen LogP contribution is 2.32. The molecule has 1 aliphatic rings. The van der Waals surface area contributed by atoms with Crippen LogP contribution in [0.1, 0.15) is 41.7 Å². The zero-order valence-corrected chi connectivity index (χ0v) is 13.8. The monoisotopic (exact) mass is 326 g/mol. The number of ether oxygens (including phenoxy) is 2. The summed E-state index contributed by atoms with van der Waals surface area (Å²) in [5.41, 5.74) is 1.38. The molecule has 3 rings (SSSR count). The average molecular weight is 326 g/mol. The molecule has 0 spiro atoms. The first-order valence-corrected chi connectivity index (χ1v) is 8.29. The van der Waals surface area contributed by atoms with Gasteiger partial charge in [0, 0.05) is 11.8 Å². The van der Waals surface area contributed by atoms with Crippen LogP contribution in [0.4, 0.5) is 0 Å². The van der Waals surface area contributed by atoms with E-state index in [1.54, 1.807) is 31.5 Å². The van der Waals surface area contributed by atoms with Crippen LogP contribution < -0.4 is 14.8 Å². The molecule has 1 amide bonds. The van der Waals surface area contributed by atoms with Crippen LogP contribution in [-0.4, -0.2) is 24.1 Å². The van der Waals surface area contributed by atoms with Crippen LogP contribution in [0.3, 0.4) is 0 Å². The van der Waals surface area contributed by atoms with Crippen LogP contribution in [0.5, 0.6) is 11.5 Å². The van der Waals surface area contributed by atoms with E-state index in [4.69, 9.17) is 9.47 Å². The molecule has 1 aliphatic carbocycles. The van der Waals surface area contributed by atoms with Crippen molar-refractivity contribution >= 4 is 5.91 Å². The van der Waals surface area contributed by atoms with Gasteiger partial charge in [0.2, 0.25) is 0 Å². The van der Waals surface area contributed by atoms with E-state index < -0.39 is 0 Å². The highest BCUT2D eigenvalue weighted by Gasteiger charge is 2.19. The Labute approximate surface area is 142 Å². The maximum atomic E-state index is 12.4. The molecular weight excluding hydrogens is 304 g/mol. The Hall–Kier alpha value is -2.56. The van der Waals surface area contributed by atoms with Gasteiger partial charge < -0.3 is 14.8 Å². The summed E-state index contributed by atoms with van der Waals surface area (Å²) in [7, 11) is 1.61. The first-order chi connectivity index (χ1) is 11.8. The van der Waals surface area contributed by atoms with E-state index in [0.717, 1.165) is 18.5 Å². The van der Waals surface area contributed by atoms with Crippen LogP contribution in [0.15, 0.2) is 42.6 Å². The highest BCUT2D eigenvalue weighted by molar-refractivity contribution is 5.94. The summed E-state index contributed by atoms with van der Waals surface area (Å²) in [6.45, 7) is 0.393. The number of hydrogen-bond acceptors (Lipinski definition) is 4. The average Bonchev–Trinajstić information content (AvgIpc) is 3.13. The molecule has 1 aromatic heterocycles. The number of carbonyl (C=O) groups is 1. The van der Waals surface area contributed by atoms with Crippen LogP contribution in [0, 0.1) is 0 Å². The SMILES string of the molecule is COc1ccc(C(=O)NCc2ccccn2)cc1OC1CCCC1. The predicted octanol–water partition coefficient (Wildman–Crippen LogP) is 3.34. The molecule has 2 aromatic rings. The molecule has 5 nitrogen and oxygen atoms in total. The maximum Gasteiger partial charge on any atom is 0.251 e. The fourth-order valence-corrected chi connectivity index (χ4v) is 2.87. The van der Waals surface area contributed by atoms with Crippen molar-refractivity contribution in [3.8, 4) is 11.5 Å². The lowest BCUT2D eigenvalue weighted by Crippen LogP contribution is -2.23. The van der Waals surface area contributed by atoms with Gasteiger partial charge in [0.1, 0.15) is 0 Å². The molecule has 5 heteroatoms. The van der Waals surface area contributed by atoms with E-state index in [2.05, 4.69) is 10.3 Å². The number of nitrogens with one attached hydrogen (secondary N) is 1. The van der Waals surface area contributed by atoms with Crippen molar-refractivity contribution in [1.29, 1.82) is 0 Å². The molecule has 0 radical (unpaired) electrons. The third-order valence-corrected chi connectivity index (χ3v) is 4.18. The van der Waals surface area contributed by atoms with E-state index in [9.17, 15) is 4.79 Å². The lowest BCUT2D eigenvalue weighted by atomic mass is 10.1. The summed E-state index contributed by atoms with van der Waals surface area (Å²) >= 11 is 0. The second-order valence-electron chi connectivity index (χ2n) is 5.89. The van der Waals surface area contributed by atoms with Crippen LogP contribution in [0.2, 0.25) is 0 Å². The topological polar surface area (TPSA) is 60.5 Å². The smallest absolute Gasteiger partial charge is 0.251 e. The van der Waals surface area contributed by atoms with E-state index in [-0.39, 0.29) is 12.0 Å². The van der Waals surface area contributed by atoms with Gasteiger partial charge >= 0.3 is 0 Å². The Bertz CT molecular complexity index is 682. The fourth-order valence-electron chi connectivity index (χ4n) is 2.87. The summed E-state index contributed by atoms with van der Waals surface area (Å²) in [5.74, 6) is 1.14. The largest absolute Gasteiger partial charge is 0.493 e. The Morgan fingerprint density at radius 2 is 2.04 bits per heavy atom. The van der Waals surface area contributed by atoms with Crippen molar-refractivity contribution in [2.75, 3.05) is 7.11 Å². The number of rotatable bonds is 6. The van der Waals surface area contributed by atoms with Gasteiger partial charge in [-0.05, 0) is 56.0 Å². The third-order valence-electron chi connectivity index (χ3n) is 4.18. The minimum Gasteiger partial charge on any atom is -0.493 e. The zero-order valence-electron chi connectivity index (χ0n) is 13.8. The molecule has 0 atom stereocenters. The number of amides is 1. The number of aromatic nitrogens is 1. The van der Waals surface area contributed by atoms with Crippen molar-refractivity contribution in [3.05, 3.63) is 53.9 Å². The maximum absolute atomic E-state index is 12.4. The van der Waals surface area contributed by atoms with E-state index in [0.29, 0.717) is 23.6 Å². The molecule has 1 N–H and O–H groups in total. The van der Waals surface area contributed by atoms with Gasteiger partial charge in [-0.25, -0.2) is 0 Å². The normalized spacial score (nSPS) is 14.4. The van der Waals surface area contributed by atoms with Gasteiger partial charge in [-0.2, -0.15) is 0 Å².